The molecule has 0 aliphatic heterocycles. The van der Waals surface area contributed by atoms with Gasteiger partial charge in [0.15, 0.2) is 0 Å². The van der Waals surface area contributed by atoms with Crippen LogP contribution in [0.3, 0.4) is 0 Å². The summed E-state index contributed by atoms with van der Waals surface area (Å²) in [5.74, 6) is 0.783. The van der Waals surface area contributed by atoms with Crippen molar-refractivity contribution in [3.8, 4) is 5.69 Å². The van der Waals surface area contributed by atoms with Crippen molar-refractivity contribution in [2.24, 2.45) is 7.05 Å². The lowest BCUT2D eigenvalue weighted by Crippen LogP contribution is -2.22. The molecular weight excluding hydrogens is 282 g/mol. The maximum Gasteiger partial charge on any atom is 0.350 e. The number of para-hydroxylation sites is 1. The highest BCUT2D eigenvalue weighted by molar-refractivity contribution is 9.08. The Labute approximate surface area is 108 Å². The Balaban J connectivity index is 2.72. The molecule has 0 saturated heterocycles. The Hall–Kier alpha value is -1.36. The molecule has 90 valence electrons. The smallest absolute Gasteiger partial charge is 0.247 e. The van der Waals surface area contributed by atoms with Crippen LogP contribution in [0.25, 0.3) is 5.69 Å². The minimum atomic E-state index is -0.102. The number of nitrogens with zero attached hydrogens (tertiary/aromatic N) is 3. The summed E-state index contributed by atoms with van der Waals surface area (Å²) in [4.78, 5) is 12.1. The van der Waals surface area contributed by atoms with Crippen molar-refractivity contribution < 1.29 is 0 Å². The van der Waals surface area contributed by atoms with Crippen LogP contribution in [0.1, 0.15) is 18.3 Å². The minimum Gasteiger partial charge on any atom is -0.247 e. The molecule has 0 amide bonds. The summed E-state index contributed by atoms with van der Waals surface area (Å²) in [5, 5.41) is 4.95. The third-order valence-corrected chi connectivity index (χ3v) is 3.29. The van der Waals surface area contributed by atoms with Crippen molar-refractivity contribution in [2.45, 2.75) is 18.7 Å². The Morgan fingerprint density at radius 1 is 1.35 bits per heavy atom. The lowest BCUT2D eigenvalue weighted by Gasteiger charge is -2.08. The van der Waals surface area contributed by atoms with E-state index in [0.29, 0.717) is 5.33 Å². The first-order valence-corrected chi connectivity index (χ1v) is 6.60. The van der Waals surface area contributed by atoms with Gasteiger partial charge in [0.25, 0.3) is 0 Å². The summed E-state index contributed by atoms with van der Waals surface area (Å²) in [6, 6.07) is 7.84. The molecule has 0 aliphatic rings. The molecule has 5 heteroatoms. The molecule has 17 heavy (non-hydrogen) atoms. The van der Waals surface area contributed by atoms with Gasteiger partial charge in [-0.3, -0.25) is 0 Å². The lowest BCUT2D eigenvalue weighted by molar-refractivity contribution is 0.719. The zero-order valence-electron chi connectivity index (χ0n) is 9.85. The van der Waals surface area contributed by atoms with E-state index in [2.05, 4.69) is 21.0 Å². The average Bonchev–Trinajstić information content (AvgIpc) is 2.65. The van der Waals surface area contributed by atoms with Crippen LogP contribution in [0.5, 0.6) is 0 Å². The molecule has 4 nitrogen and oxygen atoms in total. The molecule has 2 rings (SSSR count). The summed E-state index contributed by atoms with van der Waals surface area (Å²) in [5.41, 5.74) is 1.88. The summed E-state index contributed by atoms with van der Waals surface area (Å²) >= 11 is 3.44. The Bertz CT molecular complexity index is 586. The Morgan fingerprint density at radius 2 is 2.06 bits per heavy atom. The summed E-state index contributed by atoms with van der Waals surface area (Å²) in [6.07, 6.45) is 0.729. The van der Waals surface area contributed by atoms with Crippen LogP contribution in [-0.2, 0) is 18.8 Å². The topological polar surface area (TPSA) is 39.8 Å². The van der Waals surface area contributed by atoms with E-state index in [4.69, 9.17) is 0 Å². The first-order chi connectivity index (χ1) is 8.19. The van der Waals surface area contributed by atoms with Crippen LogP contribution in [0.15, 0.2) is 29.1 Å². The van der Waals surface area contributed by atoms with Gasteiger partial charge >= 0.3 is 5.69 Å². The fraction of sp³-hybridized carbons (Fsp3) is 0.333. The second-order valence-corrected chi connectivity index (χ2v) is 4.33. The molecule has 0 bridgehead atoms. The van der Waals surface area contributed by atoms with Crippen LogP contribution in [-0.4, -0.2) is 14.3 Å². The van der Waals surface area contributed by atoms with E-state index in [1.54, 1.807) is 11.6 Å². The van der Waals surface area contributed by atoms with Gasteiger partial charge in [-0.15, -0.1) is 0 Å². The van der Waals surface area contributed by atoms with E-state index in [-0.39, 0.29) is 5.69 Å². The molecule has 0 unspecified atom stereocenters. The number of aryl methyl sites for hydroxylation is 2. The zero-order valence-corrected chi connectivity index (χ0v) is 11.4. The van der Waals surface area contributed by atoms with Gasteiger partial charge in [-0.1, -0.05) is 41.1 Å². The van der Waals surface area contributed by atoms with Crippen LogP contribution >= 0.6 is 15.9 Å². The van der Waals surface area contributed by atoms with Crippen LogP contribution in [0.2, 0.25) is 0 Å². The monoisotopic (exact) mass is 295 g/mol. The third kappa shape index (κ3) is 2.07. The van der Waals surface area contributed by atoms with E-state index in [1.807, 2.05) is 31.2 Å². The van der Waals surface area contributed by atoms with Crippen molar-refractivity contribution in [1.82, 2.24) is 14.3 Å². The predicted octanol–water partition coefficient (Wildman–Crippen LogP) is 2.03. The molecule has 0 aliphatic carbocycles. The van der Waals surface area contributed by atoms with E-state index >= 15 is 0 Å². The first kappa shape index (κ1) is 12.1. The van der Waals surface area contributed by atoms with Gasteiger partial charge in [0.05, 0.1) is 5.69 Å². The highest BCUT2D eigenvalue weighted by atomic mass is 79.9. The molecular formula is C12H14BrN3O. The average molecular weight is 296 g/mol. The molecule has 2 aromatic rings. The number of benzene rings is 1. The largest absolute Gasteiger partial charge is 0.350 e. The van der Waals surface area contributed by atoms with Gasteiger partial charge in [-0.25, -0.2) is 14.0 Å². The van der Waals surface area contributed by atoms with Crippen molar-refractivity contribution in [3.63, 3.8) is 0 Å². The molecule has 0 spiro atoms. The second kappa shape index (κ2) is 4.87. The van der Waals surface area contributed by atoms with E-state index < -0.39 is 0 Å². The van der Waals surface area contributed by atoms with Crippen LogP contribution in [0.4, 0.5) is 0 Å². The highest BCUT2D eigenvalue weighted by Crippen LogP contribution is 2.17. The normalized spacial score (nSPS) is 10.8. The predicted molar refractivity (Wildman–Crippen MR) is 70.8 cm³/mol. The quantitative estimate of drug-likeness (QED) is 0.813. The molecule has 1 aromatic heterocycles. The van der Waals surface area contributed by atoms with E-state index in [1.165, 1.54) is 4.68 Å². The van der Waals surface area contributed by atoms with Crippen molar-refractivity contribution in [2.75, 3.05) is 0 Å². The fourth-order valence-electron chi connectivity index (χ4n) is 1.83. The minimum absolute atomic E-state index is 0.102. The maximum absolute atomic E-state index is 12.1. The first-order valence-electron chi connectivity index (χ1n) is 5.48. The SMILES string of the molecule is CCc1nn(C)c(=O)n1-c1ccccc1CBr. The summed E-state index contributed by atoms with van der Waals surface area (Å²) in [7, 11) is 1.68. The number of alkyl halides is 1. The van der Waals surface area contributed by atoms with Gasteiger partial charge in [-0.2, -0.15) is 5.10 Å². The molecule has 0 radical (unpaired) electrons. The summed E-state index contributed by atoms with van der Waals surface area (Å²) in [6.45, 7) is 2.00. The molecule has 1 heterocycles. The molecule has 0 atom stereocenters. The number of rotatable bonds is 3. The van der Waals surface area contributed by atoms with Crippen molar-refractivity contribution in [1.29, 1.82) is 0 Å². The van der Waals surface area contributed by atoms with Crippen LogP contribution in [0, 0.1) is 0 Å². The Morgan fingerprint density at radius 3 is 2.71 bits per heavy atom. The van der Waals surface area contributed by atoms with E-state index in [9.17, 15) is 4.79 Å². The molecule has 0 N–H and O–H groups in total. The second-order valence-electron chi connectivity index (χ2n) is 3.77. The van der Waals surface area contributed by atoms with Gasteiger partial charge < -0.3 is 0 Å². The zero-order chi connectivity index (χ0) is 12.4. The van der Waals surface area contributed by atoms with Gasteiger partial charge in [0.1, 0.15) is 5.82 Å². The fourth-order valence-corrected chi connectivity index (χ4v) is 2.30. The van der Waals surface area contributed by atoms with Crippen molar-refractivity contribution >= 4 is 15.9 Å². The summed E-state index contributed by atoms with van der Waals surface area (Å²) < 4.78 is 3.06. The Kier molecular flexibility index (Phi) is 3.47. The number of hydrogen-bond donors (Lipinski definition) is 0. The number of aromatic nitrogens is 3. The number of hydrogen-bond acceptors (Lipinski definition) is 2. The highest BCUT2D eigenvalue weighted by Gasteiger charge is 2.13. The molecule has 0 fully saturated rings. The van der Waals surface area contributed by atoms with Crippen molar-refractivity contribution in [3.05, 3.63) is 46.1 Å². The lowest BCUT2D eigenvalue weighted by atomic mass is 10.2. The van der Waals surface area contributed by atoms with Gasteiger partial charge in [-0.05, 0) is 11.6 Å². The third-order valence-electron chi connectivity index (χ3n) is 2.68. The molecule has 1 aromatic carbocycles. The molecule has 0 saturated carbocycles. The van der Waals surface area contributed by atoms with Gasteiger partial charge in [0.2, 0.25) is 0 Å². The van der Waals surface area contributed by atoms with Crippen LogP contribution < -0.4 is 5.69 Å². The number of halogens is 1. The standard InChI is InChI=1S/C12H14BrN3O/c1-3-11-14-15(2)12(17)16(11)10-7-5-4-6-9(10)8-13/h4-7H,3,8H2,1-2H3. The van der Waals surface area contributed by atoms with Gasteiger partial charge in [0, 0.05) is 18.8 Å². The van der Waals surface area contributed by atoms with E-state index in [0.717, 1.165) is 23.5 Å². The maximum atomic E-state index is 12.1.